The normalized spacial score (nSPS) is 10.4. The summed E-state index contributed by atoms with van der Waals surface area (Å²) >= 11 is 0. The van der Waals surface area contributed by atoms with Gasteiger partial charge in [-0.05, 0) is 35.9 Å². The van der Waals surface area contributed by atoms with E-state index in [0.717, 1.165) is 11.3 Å². The number of benzene rings is 2. The number of esters is 1. The van der Waals surface area contributed by atoms with Crippen LogP contribution >= 0.6 is 0 Å². The van der Waals surface area contributed by atoms with Gasteiger partial charge in [0.1, 0.15) is 11.5 Å². The Bertz CT molecular complexity index is 556. The third-order valence-corrected chi connectivity index (χ3v) is 2.49. The van der Waals surface area contributed by atoms with Crippen molar-refractivity contribution in [3.63, 3.8) is 0 Å². The average Bonchev–Trinajstić information content (AvgIpc) is 2.47. The van der Waals surface area contributed by atoms with Gasteiger partial charge in [0, 0.05) is 6.08 Å². The van der Waals surface area contributed by atoms with Gasteiger partial charge in [-0.25, -0.2) is 4.79 Å². The van der Waals surface area contributed by atoms with E-state index < -0.39 is 5.97 Å². The van der Waals surface area contributed by atoms with Crippen LogP contribution in [-0.2, 0) is 4.79 Å². The van der Waals surface area contributed by atoms with Gasteiger partial charge in [-0.15, -0.1) is 0 Å². The van der Waals surface area contributed by atoms with Gasteiger partial charge >= 0.3 is 5.97 Å². The lowest BCUT2D eigenvalue weighted by Crippen LogP contribution is -2.03. The van der Waals surface area contributed by atoms with Crippen LogP contribution in [0, 0.1) is 0 Å². The van der Waals surface area contributed by atoms with E-state index in [1.165, 1.54) is 6.08 Å². The van der Waals surface area contributed by atoms with Gasteiger partial charge in [-0.3, -0.25) is 0 Å². The Morgan fingerprint density at radius 1 is 0.947 bits per heavy atom. The second-order valence-electron chi connectivity index (χ2n) is 3.84. The molecule has 0 fully saturated rings. The van der Waals surface area contributed by atoms with Crippen molar-refractivity contribution in [2.45, 2.75) is 0 Å². The van der Waals surface area contributed by atoms with Crippen LogP contribution in [0.2, 0.25) is 0 Å². The molecule has 0 saturated heterocycles. The molecule has 0 unspecified atom stereocenters. The van der Waals surface area contributed by atoms with E-state index in [4.69, 9.17) is 9.47 Å². The number of para-hydroxylation sites is 1. The van der Waals surface area contributed by atoms with Gasteiger partial charge in [-0.1, -0.05) is 30.3 Å². The largest absolute Gasteiger partial charge is 0.497 e. The SMILES string of the molecule is COc1ccc(C=CC(=O)Oc2ccccc2)cc1. The molecule has 0 saturated carbocycles. The Hall–Kier alpha value is -2.55. The minimum absolute atomic E-state index is 0.401. The summed E-state index contributed by atoms with van der Waals surface area (Å²) in [6.07, 6.45) is 3.10. The average molecular weight is 254 g/mol. The molecule has 2 rings (SSSR count). The molecule has 0 spiro atoms. The summed E-state index contributed by atoms with van der Waals surface area (Å²) in [6, 6.07) is 16.4. The highest BCUT2D eigenvalue weighted by Gasteiger charge is 1.99. The molecule has 0 heterocycles. The van der Waals surface area contributed by atoms with Crippen LogP contribution in [0.3, 0.4) is 0 Å². The first kappa shape index (κ1) is 12.9. The fourth-order valence-electron chi connectivity index (χ4n) is 1.52. The van der Waals surface area contributed by atoms with Crippen LogP contribution in [0.1, 0.15) is 5.56 Å². The third-order valence-electron chi connectivity index (χ3n) is 2.49. The van der Waals surface area contributed by atoms with Crippen molar-refractivity contribution >= 4 is 12.0 Å². The zero-order chi connectivity index (χ0) is 13.5. The zero-order valence-corrected chi connectivity index (χ0v) is 10.6. The molecular weight excluding hydrogens is 240 g/mol. The smallest absolute Gasteiger partial charge is 0.336 e. The monoisotopic (exact) mass is 254 g/mol. The summed E-state index contributed by atoms with van der Waals surface area (Å²) < 4.78 is 10.2. The maximum atomic E-state index is 11.6. The fraction of sp³-hybridized carbons (Fsp3) is 0.0625. The summed E-state index contributed by atoms with van der Waals surface area (Å²) in [5.74, 6) is 0.915. The summed E-state index contributed by atoms with van der Waals surface area (Å²) in [4.78, 5) is 11.6. The second kappa shape index (κ2) is 6.40. The molecule has 2 aromatic carbocycles. The van der Waals surface area contributed by atoms with Crippen molar-refractivity contribution < 1.29 is 14.3 Å². The first-order valence-corrected chi connectivity index (χ1v) is 5.87. The molecule has 19 heavy (non-hydrogen) atoms. The molecule has 0 radical (unpaired) electrons. The molecule has 0 aliphatic heterocycles. The molecule has 96 valence electrons. The number of carbonyl (C=O) groups is 1. The Balaban J connectivity index is 1.96. The molecule has 0 amide bonds. The number of carbonyl (C=O) groups excluding carboxylic acids is 1. The summed E-state index contributed by atoms with van der Waals surface area (Å²) in [6.45, 7) is 0. The first-order valence-electron chi connectivity index (χ1n) is 5.87. The Morgan fingerprint density at radius 2 is 1.63 bits per heavy atom. The molecule has 0 N–H and O–H groups in total. The number of methoxy groups -OCH3 is 1. The number of hydrogen-bond acceptors (Lipinski definition) is 3. The van der Waals surface area contributed by atoms with Gasteiger partial charge in [-0.2, -0.15) is 0 Å². The molecule has 3 nitrogen and oxygen atoms in total. The van der Waals surface area contributed by atoms with Crippen LogP contribution < -0.4 is 9.47 Å². The summed E-state index contributed by atoms with van der Waals surface area (Å²) in [7, 11) is 1.61. The van der Waals surface area contributed by atoms with Crippen molar-refractivity contribution in [2.75, 3.05) is 7.11 Å². The quantitative estimate of drug-likeness (QED) is 0.477. The topological polar surface area (TPSA) is 35.5 Å². The second-order valence-corrected chi connectivity index (χ2v) is 3.84. The highest BCUT2D eigenvalue weighted by Crippen LogP contribution is 2.13. The molecule has 0 aliphatic rings. The minimum Gasteiger partial charge on any atom is -0.497 e. The van der Waals surface area contributed by atoms with Crippen LogP contribution in [0.4, 0.5) is 0 Å². The minimum atomic E-state index is -0.401. The molecule has 0 aromatic heterocycles. The zero-order valence-electron chi connectivity index (χ0n) is 10.6. The maximum Gasteiger partial charge on any atom is 0.336 e. The van der Waals surface area contributed by atoms with Crippen molar-refractivity contribution in [3.8, 4) is 11.5 Å². The van der Waals surface area contributed by atoms with Gasteiger partial charge in [0.25, 0.3) is 0 Å². The lowest BCUT2D eigenvalue weighted by atomic mass is 10.2. The van der Waals surface area contributed by atoms with Crippen molar-refractivity contribution in [3.05, 3.63) is 66.2 Å². The lowest BCUT2D eigenvalue weighted by molar-refractivity contribution is -0.128. The Labute approximate surface area is 112 Å². The van der Waals surface area contributed by atoms with Crippen LogP contribution in [0.25, 0.3) is 6.08 Å². The Morgan fingerprint density at radius 3 is 2.26 bits per heavy atom. The summed E-state index contributed by atoms with van der Waals surface area (Å²) in [5, 5.41) is 0. The number of ether oxygens (including phenoxy) is 2. The van der Waals surface area contributed by atoms with Crippen molar-refractivity contribution in [1.29, 1.82) is 0 Å². The lowest BCUT2D eigenvalue weighted by Gasteiger charge is -2.00. The summed E-state index contributed by atoms with van der Waals surface area (Å²) in [5.41, 5.74) is 0.908. The molecule has 0 atom stereocenters. The fourth-order valence-corrected chi connectivity index (χ4v) is 1.52. The first-order chi connectivity index (χ1) is 9.28. The van der Waals surface area contributed by atoms with Gasteiger partial charge in [0.2, 0.25) is 0 Å². The highest BCUT2D eigenvalue weighted by molar-refractivity contribution is 5.88. The van der Waals surface area contributed by atoms with Crippen LogP contribution in [0.5, 0.6) is 11.5 Å². The van der Waals surface area contributed by atoms with E-state index in [2.05, 4.69) is 0 Å². The highest BCUT2D eigenvalue weighted by atomic mass is 16.5. The molecule has 0 bridgehead atoms. The van der Waals surface area contributed by atoms with Crippen molar-refractivity contribution in [2.24, 2.45) is 0 Å². The molecule has 3 heteroatoms. The third kappa shape index (κ3) is 4.00. The molecule has 0 aliphatic carbocycles. The van der Waals surface area contributed by atoms with Gasteiger partial charge in [0.15, 0.2) is 0 Å². The van der Waals surface area contributed by atoms with Crippen molar-refractivity contribution in [1.82, 2.24) is 0 Å². The van der Waals surface area contributed by atoms with E-state index in [0.29, 0.717) is 5.75 Å². The van der Waals surface area contributed by atoms with E-state index in [1.54, 1.807) is 25.3 Å². The van der Waals surface area contributed by atoms with Crippen LogP contribution in [0.15, 0.2) is 60.7 Å². The molecular formula is C16H14O3. The Kier molecular flexibility index (Phi) is 4.34. The standard InChI is InChI=1S/C16H14O3/c1-18-14-10-7-13(8-11-14)9-12-16(17)19-15-5-3-2-4-6-15/h2-12H,1H3. The predicted molar refractivity (Wildman–Crippen MR) is 74.1 cm³/mol. The number of hydrogen-bond donors (Lipinski definition) is 0. The van der Waals surface area contributed by atoms with E-state index in [-0.39, 0.29) is 0 Å². The van der Waals surface area contributed by atoms with Crippen LogP contribution in [-0.4, -0.2) is 13.1 Å². The molecule has 2 aromatic rings. The number of rotatable bonds is 4. The van der Waals surface area contributed by atoms with Gasteiger partial charge in [0.05, 0.1) is 7.11 Å². The van der Waals surface area contributed by atoms with E-state index in [1.807, 2.05) is 42.5 Å². The van der Waals surface area contributed by atoms with Gasteiger partial charge < -0.3 is 9.47 Å². The van der Waals surface area contributed by atoms with E-state index in [9.17, 15) is 4.79 Å². The predicted octanol–water partition coefficient (Wildman–Crippen LogP) is 3.31. The maximum absolute atomic E-state index is 11.6. The van der Waals surface area contributed by atoms with E-state index >= 15 is 0 Å².